The van der Waals surface area contributed by atoms with E-state index in [-0.39, 0.29) is 31.0 Å². The second-order valence-corrected chi connectivity index (χ2v) is 9.95. The third-order valence-electron chi connectivity index (χ3n) is 6.03. The standard InChI is InChI=1S/C25H25N3O5S/c1-18-21(22(16-26)25(28(18)17-24(29)30)19-7-3-2-4-8-19)15-20-9-5-6-10-23(20)34(31,32)27-11-13-33-14-12-27/h2-10H,11-15,17H2,1H3,(H,29,30). The number of nitrogens with zero attached hydrogens (tertiary/aromatic N) is 3. The van der Waals surface area contributed by atoms with Crippen LogP contribution < -0.4 is 0 Å². The van der Waals surface area contributed by atoms with E-state index < -0.39 is 16.0 Å². The number of hydrogen-bond acceptors (Lipinski definition) is 5. The number of aliphatic carboxylic acids is 1. The maximum Gasteiger partial charge on any atom is 0.323 e. The molecule has 8 nitrogen and oxygen atoms in total. The van der Waals surface area contributed by atoms with Gasteiger partial charge in [-0.05, 0) is 29.7 Å². The van der Waals surface area contributed by atoms with Gasteiger partial charge in [-0.15, -0.1) is 0 Å². The van der Waals surface area contributed by atoms with Gasteiger partial charge in [0.05, 0.1) is 29.4 Å². The van der Waals surface area contributed by atoms with E-state index in [1.807, 2.05) is 30.3 Å². The zero-order chi connectivity index (χ0) is 24.3. The van der Waals surface area contributed by atoms with Gasteiger partial charge >= 0.3 is 5.97 Å². The molecule has 4 rings (SSSR count). The van der Waals surface area contributed by atoms with E-state index in [1.54, 1.807) is 35.8 Å². The molecular weight excluding hydrogens is 454 g/mol. The predicted molar refractivity (Wildman–Crippen MR) is 126 cm³/mol. The van der Waals surface area contributed by atoms with Gasteiger partial charge in [0.15, 0.2) is 0 Å². The third-order valence-corrected chi connectivity index (χ3v) is 8.03. The number of rotatable bonds is 7. The molecule has 176 valence electrons. The highest BCUT2D eigenvalue weighted by Crippen LogP contribution is 2.34. The van der Waals surface area contributed by atoms with Crippen molar-refractivity contribution in [1.82, 2.24) is 8.87 Å². The van der Waals surface area contributed by atoms with Gasteiger partial charge in [-0.1, -0.05) is 48.5 Å². The molecule has 1 aliphatic rings. The summed E-state index contributed by atoms with van der Waals surface area (Å²) >= 11 is 0. The van der Waals surface area contributed by atoms with Crippen LogP contribution in [0.3, 0.4) is 0 Å². The van der Waals surface area contributed by atoms with Crippen LogP contribution in [0.5, 0.6) is 0 Å². The molecule has 2 heterocycles. The smallest absolute Gasteiger partial charge is 0.323 e. The highest BCUT2D eigenvalue weighted by molar-refractivity contribution is 7.89. The van der Waals surface area contributed by atoms with Gasteiger partial charge in [0.1, 0.15) is 12.6 Å². The fourth-order valence-corrected chi connectivity index (χ4v) is 6.00. The molecule has 1 saturated heterocycles. The Balaban J connectivity index is 1.84. The minimum absolute atomic E-state index is 0.181. The lowest BCUT2D eigenvalue weighted by atomic mass is 9.99. The number of carboxylic acid groups (broad SMARTS) is 1. The maximum atomic E-state index is 13.4. The van der Waals surface area contributed by atoms with E-state index >= 15 is 0 Å². The molecule has 0 aliphatic carbocycles. The van der Waals surface area contributed by atoms with Crippen molar-refractivity contribution in [3.8, 4) is 17.3 Å². The van der Waals surface area contributed by atoms with Gasteiger partial charge in [0.25, 0.3) is 0 Å². The highest BCUT2D eigenvalue weighted by atomic mass is 32.2. The van der Waals surface area contributed by atoms with Gasteiger partial charge in [-0.2, -0.15) is 9.57 Å². The molecule has 0 atom stereocenters. The number of morpholine rings is 1. The molecule has 0 amide bonds. The van der Waals surface area contributed by atoms with Crippen molar-refractivity contribution in [2.45, 2.75) is 24.8 Å². The molecular formula is C25H25N3O5S. The van der Waals surface area contributed by atoms with Crippen molar-refractivity contribution < 1.29 is 23.1 Å². The van der Waals surface area contributed by atoms with E-state index in [9.17, 15) is 23.6 Å². The number of nitriles is 1. The lowest BCUT2D eigenvalue weighted by Gasteiger charge is -2.27. The van der Waals surface area contributed by atoms with E-state index in [4.69, 9.17) is 4.74 Å². The van der Waals surface area contributed by atoms with Crippen LogP contribution in [0.25, 0.3) is 11.3 Å². The lowest BCUT2D eigenvalue weighted by molar-refractivity contribution is -0.137. The Morgan fingerprint density at radius 3 is 2.38 bits per heavy atom. The van der Waals surface area contributed by atoms with E-state index in [0.29, 0.717) is 41.3 Å². The molecule has 1 aliphatic heterocycles. The molecule has 0 saturated carbocycles. The largest absolute Gasteiger partial charge is 0.480 e. The molecule has 34 heavy (non-hydrogen) atoms. The first kappa shape index (κ1) is 23.7. The minimum Gasteiger partial charge on any atom is -0.480 e. The number of carbonyl (C=O) groups is 1. The molecule has 0 bridgehead atoms. The van der Waals surface area contributed by atoms with Gasteiger partial charge in [-0.25, -0.2) is 8.42 Å². The van der Waals surface area contributed by atoms with Crippen LogP contribution in [0.4, 0.5) is 0 Å². The molecule has 0 spiro atoms. The number of hydrogen-bond donors (Lipinski definition) is 1. The van der Waals surface area contributed by atoms with Crippen LogP contribution in [0.2, 0.25) is 0 Å². The summed E-state index contributed by atoms with van der Waals surface area (Å²) < 4.78 is 35.1. The quantitative estimate of drug-likeness (QED) is 0.557. The van der Waals surface area contributed by atoms with E-state index in [0.717, 1.165) is 5.56 Å². The fraction of sp³-hybridized carbons (Fsp3) is 0.280. The number of sulfonamides is 1. The Kier molecular flexibility index (Phi) is 6.84. The SMILES string of the molecule is Cc1c(Cc2ccccc2S(=O)(=O)N2CCOCC2)c(C#N)c(-c2ccccc2)n1CC(=O)O. The first-order valence-corrected chi connectivity index (χ1v) is 12.3. The average Bonchev–Trinajstić information content (AvgIpc) is 3.10. The number of carboxylic acids is 1. The zero-order valence-electron chi connectivity index (χ0n) is 18.8. The van der Waals surface area contributed by atoms with Gasteiger partial charge in [0, 0.05) is 25.2 Å². The highest BCUT2D eigenvalue weighted by Gasteiger charge is 2.30. The molecule has 2 aromatic carbocycles. The Morgan fingerprint density at radius 2 is 1.74 bits per heavy atom. The number of aromatic nitrogens is 1. The van der Waals surface area contributed by atoms with Crippen molar-refractivity contribution in [2.24, 2.45) is 0 Å². The third kappa shape index (κ3) is 4.48. The van der Waals surface area contributed by atoms with Crippen LogP contribution in [0.15, 0.2) is 59.5 Å². The van der Waals surface area contributed by atoms with E-state index in [2.05, 4.69) is 6.07 Å². The number of benzene rings is 2. The molecule has 0 radical (unpaired) electrons. The predicted octanol–water partition coefficient (Wildman–Crippen LogP) is 3.03. The second-order valence-electron chi connectivity index (χ2n) is 8.05. The fourth-order valence-electron chi connectivity index (χ4n) is 4.37. The molecule has 1 fully saturated rings. The first-order chi connectivity index (χ1) is 16.3. The first-order valence-electron chi connectivity index (χ1n) is 10.9. The summed E-state index contributed by atoms with van der Waals surface area (Å²) in [6.45, 7) is 2.72. The van der Waals surface area contributed by atoms with Crippen molar-refractivity contribution >= 4 is 16.0 Å². The molecule has 1 aromatic heterocycles. The normalized spacial score (nSPS) is 14.6. The molecule has 3 aromatic rings. The van der Waals surface area contributed by atoms with Crippen LogP contribution in [-0.4, -0.2) is 54.7 Å². The summed E-state index contributed by atoms with van der Waals surface area (Å²) in [5, 5.41) is 19.6. The Morgan fingerprint density at radius 1 is 1.09 bits per heavy atom. The molecule has 1 N–H and O–H groups in total. The summed E-state index contributed by atoms with van der Waals surface area (Å²) in [5.74, 6) is -1.03. The van der Waals surface area contributed by atoms with E-state index in [1.165, 1.54) is 4.31 Å². The van der Waals surface area contributed by atoms with Crippen molar-refractivity contribution in [3.63, 3.8) is 0 Å². The number of ether oxygens (including phenoxy) is 1. The van der Waals surface area contributed by atoms with Gasteiger partial charge in [-0.3, -0.25) is 4.79 Å². The van der Waals surface area contributed by atoms with Gasteiger partial charge < -0.3 is 14.4 Å². The lowest BCUT2D eigenvalue weighted by Crippen LogP contribution is -2.40. The van der Waals surface area contributed by atoms with Crippen LogP contribution >= 0.6 is 0 Å². The Labute approximate surface area is 198 Å². The average molecular weight is 480 g/mol. The monoisotopic (exact) mass is 479 g/mol. The van der Waals surface area contributed by atoms with Gasteiger partial charge in [0.2, 0.25) is 10.0 Å². The molecule has 0 unspecified atom stereocenters. The summed E-state index contributed by atoms with van der Waals surface area (Å²) in [6.07, 6.45) is 0.181. The maximum absolute atomic E-state index is 13.4. The second kappa shape index (κ2) is 9.81. The summed E-state index contributed by atoms with van der Waals surface area (Å²) in [5.41, 5.74) is 3.39. The van der Waals surface area contributed by atoms with Crippen molar-refractivity contribution in [3.05, 3.63) is 77.0 Å². The topological polar surface area (TPSA) is 113 Å². The Hall–Kier alpha value is -3.45. The summed E-state index contributed by atoms with van der Waals surface area (Å²) in [4.78, 5) is 11.8. The Bertz CT molecular complexity index is 1350. The van der Waals surface area contributed by atoms with Crippen LogP contribution in [-0.2, 0) is 32.5 Å². The zero-order valence-corrected chi connectivity index (χ0v) is 19.6. The minimum atomic E-state index is -3.75. The van der Waals surface area contributed by atoms with Crippen molar-refractivity contribution in [1.29, 1.82) is 5.26 Å². The molecule has 9 heteroatoms. The van der Waals surface area contributed by atoms with Crippen LogP contribution in [0, 0.1) is 18.3 Å². The van der Waals surface area contributed by atoms with Crippen molar-refractivity contribution in [2.75, 3.05) is 26.3 Å². The summed E-state index contributed by atoms with van der Waals surface area (Å²) in [7, 11) is -3.75. The van der Waals surface area contributed by atoms with Crippen LogP contribution in [0.1, 0.15) is 22.4 Å². The summed E-state index contributed by atoms with van der Waals surface area (Å²) in [6, 6.07) is 18.2.